The third-order valence-electron chi connectivity index (χ3n) is 3.61. The molecular weight excluding hydrogens is 417 g/mol. The number of rotatable bonds is 5. The van der Waals surface area contributed by atoms with E-state index < -0.39 is 11.9 Å². The number of hydrogen-bond acceptors (Lipinski definition) is 4. The number of aromatic nitrogens is 4. The van der Waals surface area contributed by atoms with E-state index in [0.29, 0.717) is 15.6 Å². The van der Waals surface area contributed by atoms with Gasteiger partial charge >= 0.3 is 5.97 Å². The number of carboxylic acid groups (broad SMARTS) is 1. The topological polar surface area (TPSA) is 102 Å². The summed E-state index contributed by atoms with van der Waals surface area (Å²) in [7, 11) is 1.51. The van der Waals surface area contributed by atoms with Gasteiger partial charge in [-0.1, -0.05) is 40.9 Å². The summed E-state index contributed by atoms with van der Waals surface area (Å²) in [5.41, 5.74) is 0.175. The molecule has 3 rings (SSSR count). The third-order valence-corrected chi connectivity index (χ3v) is 4.59. The Labute approximate surface area is 168 Å². The van der Waals surface area contributed by atoms with Gasteiger partial charge in [-0.2, -0.15) is 10.2 Å². The molecule has 1 amide bonds. The van der Waals surface area contributed by atoms with Crippen molar-refractivity contribution in [2.75, 3.05) is 5.32 Å². The van der Waals surface area contributed by atoms with E-state index in [1.807, 2.05) is 0 Å². The van der Waals surface area contributed by atoms with Crippen molar-refractivity contribution in [1.82, 2.24) is 19.6 Å². The SMILES string of the molecule is Cn1cc(C(=O)O)c(C(=O)Nc2nn(Cc3c(Cl)cccc3Cl)cc2Cl)n1. The highest BCUT2D eigenvalue weighted by atomic mass is 35.5. The quantitative estimate of drug-likeness (QED) is 0.647. The summed E-state index contributed by atoms with van der Waals surface area (Å²) in [5, 5.41) is 20.8. The molecule has 0 fully saturated rings. The van der Waals surface area contributed by atoms with Gasteiger partial charge in [0.05, 0.1) is 6.54 Å². The number of anilines is 1. The number of carbonyl (C=O) groups excluding carboxylic acids is 1. The first-order chi connectivity index (χ1) is 12.8. The van der Waals surface area contributed by atoms with E-state index in [4.69, 9.17) is 39.9 Å². The molecule has 3 aromatic rings. The molecule has 0 unspecified atom stereocenters. The number of aromatic carboxylic acids is 1. The molecule has 8 nitrogen and oxygen atoms in total. The van der Waals surface area contributed by atoms with Crippen LogP contribution >= 0.6 is 34.8 Å². The van der Waals surface area contributed by atoms with Gasteiger partial charge < -0.3 is 10.4 Å². The van der Waals surface area contributed by atoms with E-state index in [0.717, 1.165) is 0 Å². The lowest BCUT2D eigenvalue weighted by Gasteiger charge is -2.06. The van der Waals surface area contributed by atoms with Crippen molar-refractivity contribution in [2.45, 2.75) is 6.54 Å². The summed E-state index contributed by atoms with van der Waals surface area (Å²) in [6.45, 7) is 0.234. The Morgan fingerprint density at radius 3 is 2.41 bits per heavy atom. The van der Waals surface area contributed by atoms with E-state index in [9.17, 15) is 9.59 Å². The van der Waals surface area contributed by atoms with Gasteiger partial charge in [-0.15, -0.1) is 0 Å². The molecule has 0 saturated heterocycles. The zero-order valence-electron chi connectivity index (χ0n) is 13.8. The van der Waals surface area contributed by atoms with Crippen molar-refractivity contribution in [3.63, 3.8) is 0 Å². The molecule has 0 spiro atoms. The third kappa shape index (κ3) is 4.08. The second-order valence-electron chi connectivity index (χ2n) is 5.55. The second-order valence-corrected chi connectivity index (χ2v) is 6.77. The van der Waals surface area contributed by atoms with Crippen LogP contribution in [0.4, 0.5) is 5.82 Å². The van der Waals surface area contributed by atoms with Gasteiger partial charge in [0.15, 0.2) is 11.5 Å². The average molecular weight is 429 g/mol. The molecule has 0 saturated carbocycles. The van der Waals surface area contributed by atoms with E-state index in [1.54, 1.807) is 18.2 Å². The molecule has 0 aliphatic heterocycles. The highest BCUT2D eigenvalue weighted by molar-refractivity contribution is 6.36. The molecule has 2 heterocycles. The maximum Gasteiger partial charge on any atom is 0.339 e. The molecular formula is C16H12Cl3N5O3. The van der Waals surface area contributed by atoms with Gasteiger partial charge in [0.1, 0.15) is 10.6 Å². The maximum absolute atomic E-state index is 12.4. The van der Waals surface area contributed by atoms with Gasteiger partial charge in [-0.25, -0.2) is 4.79 Å². The average Bonchev–Trinajstić information content (AvgIpc) is 3.14. The number of halogens is 3. The van der Waals surface area contributed by atoms with Crippen molar-refractivity contribution in [1.29, 1.82) is 0 Å². The first-order valence-corrected chi connectivity index (χ1v) is 8.63. The van der Waals surface area contributed by atoms with Crippen LogP contribution in [0.3, 0.4) is 0 Å². The summed E-state index contributed by atoms with van der Waals surface area (Å²) in [5.74, 6) is -1.94. The molecule has 11 heteroatoms. The van der Waals surface area contributed by atoms with Crippen LogP contribution in [0.2, 0.25) is 15.1 Å². The monoisotopic (exact) mass is 427 g/mol. The standard InChI is InChI=1S/C16H12Cl3N5O3/c1-23-5-9(16(26)27)13(21-23)15(25)20-14-12(19)7-24(22-14)6-8-10(17)3-2-4-11(8)18/h2-5,7H,6H2,1H3,(H,26,27)(H,20,22,25). The first-order valence-electron chi connectivity index (χ1n) is 7.50. The first kappa shape index (κ1) is 19.2. The van der Waals surface area contributed by atoms with Crippen molar-refractivity contribution in [3.8, 4) is 0 Å². The largest absolute Gasteiger partial charge is 0.478 e. The number of benzene rings is 1. The van der Waals surface area contributed by atoms with Crippen molar-refractivity contribution < 1.29 is 14.7 Å². The second kappa shape index (κ2) is 7.59. The van der Waals surface area contributed by atoms with E-state index in [1.165, 1.54) is 28.8 Å². The molecule has 27 heavy (non-hydrogen) atoms. The Morgan fingerprint density at radius 2 is 1.78 bits per heavy atom. The summed E-state index contributed by atoms with van der Waals surface area (Å²) in [6.07, 6.45) is 2.73. The number of amides is 1. The van der Waals surface area contributed by atoms with E-state index in [-0.39, 0.29) is 28.6 Å². The Bertz CT molecular complexity index is 1020. The Kier molecular flexibility index (Phi) is 5.41. The van der Waals surface area contributed by atoms with E-state index >= 15 is 0 Å². The van der Waals surface area contributed by atoms with Crippen LogP contribution in [0.25, 0.3) is 0 Å². The molecule has 0 atom stereocenters. The molecule has 0 bridgehead atoms. The number of aryl methyl sites for hydroxylation is 1. The lowest BCUT2D eigenvalue weighted by molar-refractivity contribution is 0.0692. The van der Waals surface area contributed by atoms with Crippen LogP contribution in [-0.2, 0) is 13.6 Å². The predicted molar refractivity (Wildman–Crippen MR) is 101 cm³/mol. The number of hydrogen-bond donors (Lipinski definition) is 2. The van der Waals surface area contributed by atoms with Crippen molar-refractivity contribution in [3.05, 3.63) is 62.5 Å². The minimum Gasteiger partial charge on any atom is -0.478 e. The van der Waals surface area contributed by atoms with Crippen LogP contribution in [0, 0.1) is 0 Å². The van der Waals surface area contributed by atoms with Crippen LogP contribution < -0.4 is 5.32 Å². The summed E-state index contributed by atoms with van der Waals surface area (Å²) in [4.78, 5) is 23.6. The fourth-order valence-corrected chi connectivity index (χ4v) is 3.10. The zero-order chi connectivity index (χ0) is 19.7. The Hall–Kier alpha value is -2.55. The van der Waals surface area contributed by atoms with Gasteiger partial charge in [-0.3, -0.25) is 14.2 Å². The molecule has 0 aliphatic carbocycles. The smallest absolute Gasteiger partial charge is 0.339 e. The number of carbonyl (C=O) groups is 2. The maximum atomic E-state index is 12.4. The summed E-state index contributed by atoms with van der Waals surface area (Å²) in [6, 6.07) is 5.12. The van der Waals surface area contributed by atoms with E-state index in [2.05, 4.69) is 15.5 Å². The fraction of sp³-hybridized carbons (Fsp3) is 0.125. The molecule has 0 aliphatic rings. The number of carboxylic acids is 1. The lowest BCUT2D eigenvalue weighted by atomic mass is 10.2. The highest BCUT2D eigenvalue weighted by Crippen LogP contribution is 2.27. The minimum atomic E-state index is -1.27. The van der Waals surface area contributed by atoms with Crippen LogP contribution in [0.1, 0.15) is 26.4 Å². The highest BCUT2D eigenvalue weighted by Gasteiger charge is 2.23. The van der Waals surface area contributed by atoms with Gasteiger partial charge in [0.2, 0.25) is 0 Å². The molecule has 140 valence electrons. The number of nitrogens with one attached hydrogen (secondary N) is 1. The van der Waals surface area contributed by atoms with Crippen LogP contribution in [0.5, 0.6) is 0 Å². The minimum absolute atomic E-state index is 0.0619. The molecule has 0 radical (unpaired) electrons. The fourth-order valence-electron chi connectivity index (χ4n) is 2.39. The van der Waals surface area contributed by atoms with Crippen LogP contribution in [-0.4, -0.2) is 36.5 Å². The lowest BCUT2D eigenvalue weighted by Crippen LogP contribution is -2.17. The molecule has 1 aromatic carbocycles. The predicted octanol–water partition coefficient (Wildman–Crippen LogP) is 3.58. The summed E-state index contributed by atoms with van der Waals surface area (Å²) < 4.78 is 2.69. The molecule has 2 N–H and O–H groups in total. The normalized spacial score (nSPS) is 10.8. The number of nitrogens with zero attached hydrogens (tertiary/aromatic N) is 4. The van der Waals surface area contributed by atoms with Gasteiger partial charge in [-0.05, 0) is 12.1 Å². The zero-order valence-corrected chi connectivity index (χ0v) is 16.0. The Balaban J connectivity index is 1.83. The molecule has 2 aromatic heterocycles. The summed E-state index contributed by atoms with van der Waals surface area (Å²) >= 11 is 18.4. The van der Waals surface area contributed by atoms with Crippen LogP contribution in [0.15, 0.2) is 30.6 Å². The van der Waals surface area contributed by atoms with Crippen molar-refractivity contribution >= 4 is 52.5 Å². The Morgan fingerprint density at radius 1 is 1.11 bits per heavy atom. The van der Waals surface area contributed by atoms with Gasteiger partial charge in [0.25, 0.3) is 5.91 Å². The van der Waals surface area contributed by atoms with Gasteiger partial charge in [0, 0.05) is 35.1 Å². The van der Waals surface area contributed by atoms with Crippen molar-refractivity contribution in [2.24, 2.45) is 7.05 Å².